The largest absolute Gasteiger partial charge is 0.497 e. The number of carbonyl (C=O) groups is 1. The van der Waals surface area contributed by atoms with E-state index in [-0.39, 0.29) is 12.2 Å². The Morgan fingerprint density at radius 3 is 2.24 bits per heavy atom. The average Bonchev–Trinajstić information content (AvgIpc) is 3.13. The third-order valence-electron chi connectivity index (χ3n) is 5.36. The SMILES string of the molecule is CCOC(=O)C1=C(C)N=c2s/c(=C\c3ccc(OC)cc3)c(=O)n2C1c1ccc(OC)cc1. The Kier molecular flexibility index (Phi) is 6.46. The maximum Gasteiger partial charge on any atom is 0.338 e. The van der Waals surface area contributed by atoms with Gasteiger partial charge in [0.2, 0.25) is 0 Å². The van der Waals surface area contributed by atoms with Crippen LogP contribution in [-0.4, -0.2) is 31.4 Å². The molecule has 1 atom stereocenters. The van der Waals surface area contributed by atoms with E-state index in [0.717, 1.165) is 16.9 Å². The van der Waals surface area contributed by atoms with Crippen LogP contribution in [0.25, 0.3) is 6.08 Å². The van der Waals surface area contributed by atoms with Gasteiger partial charge in [-0.3, -0.25) is 9.36 Å². The van der Waals surface area contributed by atoms with E-state index in [2.05, 4.69) is 4.99 Å². The Morgan fingerprint density at radius 1 is 1.06 bits per heavy atom. The molecule has 0 spiro atoms. The van der Waals surface area contributed by atoms with E-state index in [1.807, 2.05) is 42.5 Å². The van der Waals surface area contributed by atoms with Gasteiger partial charge < -0.3 is 14.2 Å². The maximum atomic E-state index is 13.5. The van der Waals surface area contributed by atoms with Crippen LogP contribution >= 0.6 is 11.3 Å². The zero-order chi connectivity index (χ0) is 23.5. The van der Waals surface area contributed by atoms with E-state index in [0.29, 0.717) is 26.4 Å². The van der Waals surface area contributed by atoms with Gasteiger partial charge in [0.25, 0.3) is 5.56 Å². The number of esters is 1. The quantitative estimate of drug-likeness (QED) is 0.524. The average molecular weight is 465 g/mol. The first-order valence-electron chi connectivity index (χ1n) is 10.4. The van der Waals surface area contributed by atoms with E-state index in [4.69, 9.17) is 14.2 Å². The van der Waals surface area contributed by atoms with Crippen molar-refractivity contribution in [3.63, 3.8) is 0 Å². The van der Waals surface area contributed by atoms with Gasteiger partial charge in [0.1, 0.15) is 11.5 Å². The second-order valence-corrected chi connectivity index (χ2v) is 8.36. The Morgan fingerprint density at radius 2 is 1.67 bits per heavy atom. The minimum Gasteiger partial charge on any atom is -0.497 e. The molecule has 0 saturated heterocycles. The first kappa shape index (κ1) is 22.5. The molecule has 0 radical (unpaired) electrons. The number of fused-ring (bicyclic) bond motifs is 1. The Balaban J connectivity index is 1.90. The van der Waals surface area contributed by atoms with Crippen molar-refractivity contribution < 1.29 is 19.0 Å². The van der Waals surface area contributed by atoms with Crippen molar-refractivity contribution in [3.05, 3.63) is 90.6 Å². The number of benzene rings is 2. The van der Waals surface area contributed by atoms with E-state index >= 15 is 0 Å². The summed E-state index contributed by atoms with van der Waals surface area (Å²) in [5.41, 5.74) is 2.30. The van der Waals surface area contributed by atoms with Crippen molar-refractivity contribution >= 4 is 23.4 Å². The van der Waals surface area contributed by atoms with Gasteiger partial charge in [-0.25, -0.2) is 9.79 Å². The van der Waals surface area contributed by atoms with Crippen LogP contribution in [0, 0.1) is 0 Å². The van der Waals surface area contributed by atoms with Gasteiger partial charge in [-0.1, -0.05) is 35.6 Å². The number of carbonyl (C=O) groups excluding carboxylic acids is 1. The number of nitrogens with zero attached hydrogens (tertiary/aromatic N) is 2. The number of aromatic nitrogens is 1. The van der Waals surface area contributed by atoms with Crippen LogP contribution < -0.4 is 24.4 Å². The molecule has 0 aliphatic carbocycles. The highest BCUT2D eigenvalue weighted by molar-refractivity contribution is 7.07. The van der Waals surface area contributed by atoms with Crippen molar-refractivity contribution in [2.45, 2.75) is 19.9 Å². The smallest absolute Gasteiger partial charge is 0.338 e. The van der Waals surface area contributed by atoms with Gasteiger partial charge in [0, 0.05) is 0 Å². The minimum absolute atomic E-state index is 0.218. The summed E-state index contributed by atoms with van der Waals surface area (Å²) in [4.78, 5) is 31.6. The highest BCUT2D eigenvalue weighted by Crippen LogP contribution is 2.31. The summed E-state index contributed by atoms with van der Waals surface area (Å²) < 4.78 is 17.9. The van der Waals surface area contributed by atoms with E-state index in [1.54, 1.807) is 44.8 Å². The molecule has 1 aliphatic heterocycles. The van der Waals surface area contributed by atoms with Gasteiger partial charge in [-0.05, 0) is 55.3 Å². The van der Waals surface area contributed by atoms with Gasteiger partial charge in [-0.2, -0.15) is 0 Å². The van der Waals surface area contributed by atoms with E-state index < -0.39 is 12.0 Å². The molecule has 33 heavy (non-hydrogen) atoms. The zero-order valence-electron chi connectivity index (χ0n) is 18.8. The molecule has 0 saturated carbocycles. The van der Waals surface area contributed by atoms with E-state index in [9.17, 15) is 9.59 Å². The lowest BCUT2D eigenvalue weighted by atomic mass is 9.96. The molecule has 8 heteroatoms. The fraction of sp³-hybridized carbons (Fsp3) is 0.240. The molecule has 0 N–H and O–H groups in total. The summed E-state index contributed by atoms with van der Waals surface area (Å²) in [6, 6.07) is 14.1. The topological polar surface area (TPSA) is 79.1 Å². The van der Waals surface area contributed by atoms with Gasteiger partial charge in [0.05, 0.1) is 42.7 Å². The molecule has 170 valence electrons. The van der Waals surface area contributed by atoms with Crippen LogP contribution in [0.4, 0.5) is 0 Å². The fourth-order valence-corrected chi connectivity index (χ4v) is 4.79. The number of methoxy groups -OCH3 is 2. The molecule has 2 heterocycles. The van der Waals surface area contributed by atoms with Crippen LogP contribution in [-0.2, 0) is 9.53 Å². The number of hydrogen-bond acceptors (Lipinski definition) is 7. The molecular weight excluding hydrogens is 440 g/mol. The first-order chi connectivity index (χ1) is 16.0. The van der Waals surface area contributed by atoms with Crippen molar-refractivity contribution in [1.82, 2.24) is 4.57 Å². The van der Waals surface area contributed by atoms with E-state index in [1.165, 1.54) is 11.3 Å². The molecule has 0 amide bonds. The highest BCUT2D eigenvalue weighted by Gasteiger charge is 2.33. The monoisotopic (exact) mass is 464 g/mol. The predicted octanol–water partition coefficient (Wildman–Crippen LogP) is 2.82. The number of thiazole rings is 1. The molecular formula is C25H24N2O5S. The molecule has 0 bridgehead atoms. The van der Waals surface area contributed by atoms with Gasteiger partial charge in [0.15, 0.2) is 4.80 Å². The second kappa shape index (κ2) is 9.46. The lowest BCUT2D eigenvalue weighted by Crippen LogP contribution is -2.39. The molecule has 2 aromatic carbocycles. The van der Waals surface area contributed by atoms with Crippen molar-refractivity contribution in [2.75, 3.05) is 20.8 Å². The van der Waals surface area contributed by atoms with Crippen LogP contribution in [0.15, 0.2) is 69.6 Å². The summed E-state index contributed by atoms with van der Waals surface area (Å²) in [5, 5.41) is 0. The lowest BCUT2D eigenvalue weighted by Gasteiger charge is -2.24. The summed E-state index contributed by atoms with van der Waals surface area (Å²) in [6.07, 6.45) is 1.82. The Hall–Kier alpha value is -3.65. The second-order valence-electron chi connectivity index (χ2n) is 7.35. The van der Waals surface area contributed by atoms with Crippen molar-refractivity contribution in [2.24, 2.45) is 4.99 Å². The highest BCUT2D eigenvalue weighted by atomic mass is 32.1. The fourth-order valence-electron chi connectivity index (χ4n) is 3.74. The molecule has 7 nitrogen and oxygen atoms in total. The summed E-state index contributed by atoms with van der Waals surface area (Å²) in [7, 11) is 3.20. The van der Waals surface area contributed by atoms with Crippen molar-refractivity contribution in [3.8, 4) is 11.5 Å². The standard InChI is InChI=1S/C25H24N2O5S/c1-5-32-24(29)21-15(2)26-25-27(22(21)17-8-12-19(31-4)13-9-17)23(28)20(33-25)14-16-6-10-18(30-3)11-7-16/h6-14,22H,5H2,1-4H3/b20-14-. The lowest BCUT2D eigenvalue weighted by molar-refractivity contribution is -0.139. The summed E-state index contributed by atoms with van der Waals surface area (Å²) in [5.74, 6) is 0.941. The minimum atomic E-state index is -0.649. The van der Waals surface area contributed by atoms with Gasteiger partial charge in [-0.15, -0.1) is 0 Å². The number of rotatable bonds is 6. The first-order valence-corrected chi connectivity index (χ1v) is 11.3. The number of hydrogen-bond donors (Lipinski definition) is 0. The van der Waals surface area contributed by atoms with Crippen molar-refractivity contribution in [1.29, 1.82) is 0 Å². The van der Waals surface area contributed by atoms with Crippen LogP contribution in [0.1, 0.15) is 31.0 Å². The Labute approximate surface area is 194 Å². The number of ether oxygens (including phenoxy) is 3. The molecule has 1 unspecified atom stereocenters. The molecule has 4 rings (SSSR count). The third kappa shape index (κ3) is 4.34. The summed E-state index contributed by atoms with van der Waals surface area (Å²) >= 11 is 1.29. The molecule has 1 aliphatic rings. The summed E-state index contributed by atoms with van der Waals surface area (Å²) in [6.45, 7) is 3.75. The normalized spacial score (nSPS) is 15.6. The molecule has 0 fully saturated rings. The molecule has 1 aromatic heterocycles. The maximum absolute atomic E-state index is 13.5. The zero-order valence-corrected chi connectivity index (χ0v) is 19.6. The van der Waals surface area contributed by atoms with Crippen LogP contribution in [0.5, 0.6) is 11.5 Å². The van der Waals surface area contributed by atoms with Gasteiger partial charge >= 0.3 is 5.97 Å². The third-order valence-corrected chi connectivity index (χ3v) is 6.35. The van der Waals surface area contributed by atoms with Crippen LogP contribution in [0.2, 0.25) is 0 Å². The predicted molar refractivity (Wildman–Crippen MR) is 126 cm³/mol. The number of allylic oxidation sites excluding steroid dienone is 1. The van der Waals surface area contributed by atoms with Crippen LogP contribution in [0.3, 0.4) is 0 Å². The molecule has 3 aromatic rings. The Bertz CT molecular complexity index is 1380.